The van der Waals surface area contributed by atoms with Gasteiger partial charge in [-0.25, -0.2) is 0 Å². The van der Waals surface area contributed by atoms with Gasteiger partial charge in [0.05, 0.1) is 19.1 Å². The largest absolute Gasteiger partial charge is 0.469 e. The van der Waals surface area contributed by atoms with Crippen molar-refractivity contribution in [1.82, 2.24) is 0 Å². The summed E-state index contributed by atoms with van der Waals surface area (Å²) in [5.74, 6) is 0.281. The lowest BCUT2D eigenvalue weighted by Crippen LogP contribution is -2.08. The zero-order valence-electron chi connectivity index (χ0n) is 10.7. The van der Waals surface area contributed by atoms with Crippen LogP contribution >= 0.6 is 11.8 Å². The van der Waals surface area contributed by atoms with Crippen molar-refractivity contribution in [2.45, 2.75) is 30.5 Å². The molecule has 0 aliphatic rings. The molecular weight excluding hydrogens is 277 g/mol. The summed E-state index contributed by atoms with van der Waals surface area (Å²) in [6.45, 7) is 1.88. The molecule has 0 bridgehead atoms. The molecule has 1 unspecified atom stereocenters. The number of carbonyl (C=O) groups excluding carboxylic acids is 1. The Morgan fingerprint density at radius 2 is 1.89 bits per heavy atom. The fourth-order valence-electron chi connectivity index (χ4n) is 1.41. The Morgan fingerprint density at radius 1 is 1.32 bits per heavy atom. The summed E-state index contributed by atoms with van der Waals surface area (Å²) in [5, 5.41) is 0.0646. The van der Waals surface area contributed by atoms with Gasteiger partial charge in [-0.05, 0) is 17.7 Å². The van der Waals surface area contributed by atoms with Crippen molar-refractivity contribution in [3.05, 3.63) is 35.4 Å². The summed E-state index contributed by atoms with van der Waals surface area (Å²) in [4.78, 5) is 11.0. The van der Waals surface area contributed by atoms with Gasteiger partial charge in [0, 0.05) is 11.0 Å². The molecular formula is C13H15F3O2S. The monoisotopic (exact) mass is 292 g/mol. The average Bonchev–Trinajstić information content (AvgIpc) is 2.35. The van der Waals surface area contributed by atoms with Gasteiger partial charge in [0.2, 0.25) is 0 Å². The van der Waals surface area contributed by atoms with E-state index in [0.29, 0.717) is 12.2 Å². The van der Waals surface area contributed by atoms with Gasteiger partial charge < -0.3 is 4.74 Å². The highest BCUT2D eigenvalue weighted by Gasteiger charge is 2.29. The molecule has 2 nitrogen and oxygen atoms in total. The number of alkyl halides is 3. The molecule has 0 aliphatic carbocycles. The molecule has 1 atom stereocenters. The molecule has 1 aromatic rings. The SMILES string of the molecule is COC(=O)CC(C)SCc1ccc(C(F)(F)F)cc1. The fraction of sp³-hybridized carbons (Fsp3) is 0.462. The fourth-order valence-corrected chi connectivity index (χ4v) is 2.33. The third kappa shape index (κ3) is 5.55. The minimum Gasteiger partial charge on any atom is -0.469 e. The molecule has 6 heteroatoms. The Balaban J connectivity index is 2.48. The first-order chi connectivity index (χ1) is 8.82. The first-order valence-corrected chi connectivity index (χ1v) is 6.72. The van der Waals surface area contributed by atoms with Crippen LogP contribution in [0.5, 0.6) is 0 Å². The molecule has 106 valence electrons. The van der Waals surface area contributed by atoms with E-state index in [1.807, 2.05) is 6.92 Å². The van der Waals surface area contributed by atoms with Crippen LogP contribution in [0.1, 0.15) is 24.5 Å². The molecule has 0 heterocycles. The molecule has 0 aromatic heterocycles. The van der Waals surface area contributed by atoms with E-state index in [0.717, 1.165) is 17.7 Å². The van der Waals surface area contributed by atoms with Gasteiger partial charge in [-0.2, -0.15) is 24.9 Å². The van der Waals surface area contributed by atoms with Crippen LogP contribution in [-0.4, -0.2) is 18.3 Å². The van der Waals surface area contributed by atoms with Gasteiger partial charge in [-0.3, -0.25) is 4.79 Å². The van der Waals surface area contributed by atoms with Crippen LogP contribution in [0.3, 0.4) is 0 Å². The lowest BCUT2D eigenvalue weighted by Gasteiger charge is -2.11. The molecule has 0 amide bonds. The van der Waals surface area contributed by atoms with Crippen molar-refractivity contribution >= 4 is 17.7 Å². The number of ether oxygens (including phenoxy) is 1. The van der Waals surface area contributed by atoms with E-state index in [-0.39, 0.29) is 11.2 Å². The van der Waals surface area contributed by atoms with Crippen molar-refractivity contribution < 1.29 is 22.7 Å². The van der Waals surface area contributed by atoms with Crippen molar-refractivity contribution in [3.63, 3.8) is 0 Å². The zero-order chi connectivity index (χ0) is 14.5. The average molecular weight is 292 g/mol. The smallest absolute Gasteiger partial charge is 0.416 e. The molecule has 1 aromatic carbocycles. The maximum absolute atomic E-state index is 12.4. The number of halogens is 3. The second-order valence-corrected chi connectivity index (χ2v) is 5.52. The van der Waals surface area contributed by atoms with Gasteiger partial charge in [0.25, 0.3) is 0 Å². The quantitative estimate of drug-likeness (QED) is 0.770. The maximum atomic E-state index is 12.4. The minimum absolute atomic E-state index is 0.0646. The van der Waals surface area contributed by atoms with Crippen molar-refractivity contribution in [2.75, 3.05) is 7.11 Å². The molecule has 0 saturated carbocycles. The molecule has 0 N–H and O–H groups in total. The highest BCUT2D eigenvalue weighted by atomic mass is 32.2. The van der Waals surface area contributed by atoms with Crippen molar-refractivity contribution in [1.29, 1.82) is 0 Å². The summed E-state index contributed by atoms with van der Waals surface area (Å²) in [6.07, 6.45) is -4.01. The Morgan fingerprint density at radius 3 is 2.37 bits per heavy atom. The van der Waals surface area contributed by atoms with Crippen LogP contribution in [0, 0.1) is 0 Å². The molecule has 0 aliphatic heterocycles. The van der Waals surface area contributed by atoms with E-state index in [1.165, 1.54) is 31.0 Å². The minimum atomic E-state index is -4.30. The normalized spacial score (nSPS) is 13.1. The number of carbonyl (C=O) groups is 1. The highest BCUT2D eigenvalue weighted by Crippen LogP contribution is 2.30. The van der Waals surface area contributed by atoms with Gasteiger partial charge in [0.1, 0.15) is 0 Å². The first kappa shape index (κ1) is 15.9. The number of thioether (sulfide) groups is 1. The highest BCUT2D eigenvalue weighted by molar-refractivity contribution is 7.99. The molecule has 1 rings (SSSR count). The molecule has 0 spiro atoms. The van der Waals surface area contributed by atoms with Crippen LogP contribution in [0.2, 0.25) is 0 Å². The summed E-state index contributed by atoms with van der Waals surface area (Å²) in [7, 11) is 1.33. The number of hydrogen-bond donors (Lipinski definition) is 0. The number of rotatable bonds is 5. The van der Waals surface area contributed by atoms with Crippen molar-refractivity contribution in [2.24, 2.45) is 0 Å². The summed E-state index contributed by atoms with van der Waals surface area (Å²) in [5.41, 5.74) is 0.151. The van der Waals surface area contributed by atoms with E-state index in [9.17, 15) is 18.0 Å². The van der Waals surface area contributed by atoms with Gasteiger partial charge >= 0.3 is 12.1 Å². The van der Waals surface area contributed by atoms with Gasteiger partial charge in [0.15, 0.2) is 0 Å². The standard InChI is InChI=1S/C13H15F3O2S/c1-9(7-12(17)18-2)19-8-10-3-5-11(6-4-10)13(14,15)16/h3-6,9H,7-8H2,1-2H3. The lowest BCUT2D eigenvalue weighted by molar-refractivity contribution is -0.140. The van der Waals surface area contributed by atoms with Gasteiger partial charge in [-0.15, -0.1) is 0 Å². The number of methoxy groups -OCH3 is 1. The van der Waals surface area contributed by atoms with Crippen LogP contribution in [-0.2, 0) is 21.5 Å². The predicted octanol–water partition coefficient (Wildman–Crippen LogP) is 3.89. The Kier molecular flexibility index (Phi) is 5.72. The molecule has 19 heavy (non-hydrogen) atoms. The van der Waals surface area contributed by atoms with E-state index in [2.05, 4.69) is 4.74 Å². The lowest BCUT2D eigenvalue weighted by atomic mass is 10.1. The van der Waals surface area contributed by atoms with Crippen LogP contribution < -0.4 is 0 Å². The van der Waals surface area contributed by atoms with E-state index in [4.69, 9.17) is 0 Å². The third-order valence-corrected chi connectivity index (χ3v) is 3.73. The molecule has 0 saturated heterocycles. The Hall–Kier alpha value is -1.17. The third-order valence-electron chi connectivity index (χ3n) is 2.50. The Labute approximate surface area is 114 Å². The summed E-state index contributed by atoms with van der Waals surface area (Å²) in [6, 6.07) is 5.06. The molecule has 0 fully saturated rings. The number of benzene rings is 1. The maximum Gasteiger partial charge on any atom is 0.416 e. The first-order valence-electron chi connectivity index (χ1n) is 5.67. The van der Waals surface area contributed by atoms with Crippen LogP contribution in [0.4, 0.5) is 13.2 Å². The van der Waals surface area contributed by atoms with E-state index in [1.54, 1.807) is 0 Å². The van der Waals surface area contributed by atoms with Crippen LogP contribution in [0.25, 0.3) is 0 Å². The van der Waals surface area contributed by atoms with Crippen LogP contribution in [0.15, 0.2) is 24.3 Å². The zero-order valence-corrected chi connectivity index (χ0v) is 11.5. The number of esters is 1. The second-order valence-electron chi connectivity index (χ2n) is 4.10. The van der Waals surface area contributed by atoms with Gasteiger partial charge in [-0.1, -0.05) is 19.1 Å². The Bertz CT molecular complexity index is 415. The number of hydrogen-bond acceptors (Lipinski definition) is 3. The predicted molar refractivity (Wildman–Crippen MR) is 68.8 cm³/mol. The topological polar surface area (TPSA) is 26.3 Å². The van der Waals surface area contributed by atoms with E-state index < -0.39 is 11.7 Å². The molecule has 0 radical (unpaired) electrons. The van der Waals surface area contributed by atoms with E-state index >= 15 is 0 Å². The summed E-state index contributed by atoms with van der Waals surface area (Å²) >= 11 is 1.50. The second kappa shape index (κ2) is 6.84. The summed E-state index contributed by atoms with van der Waals surface area (Å²) < 4.78 is 41.6. The van der Waals surface area contributed by atoms with Crippen molar-refractivity contribution in [3.8, 4) is 0 Å².